The Balaban J connectivity index is 0.00000242. The van der Waals surface area contributed by atoms with Gasteiger partial charge in [-0.3, -0.25) is 0 Å². The number of ether oxygens (including phenoxy) is 1. The highest BCUT2D eigenvalue weighted by Crippen LogP contribution is 2.27. The molecule has 2 aromatic rings. The first-order valence-corrected chi connectivity index (χ1v) is 6.45. The fraction of sp³-hybridized carbons (Fsp3) is 0.250. The van der Waals surface area contributed by atoms with E-state index >= 15 is 0 Å². The van der Waals surface area contributed by atoms with Crippen molar-refractivity contribution in [2.24, 2.45) is 5.73 Å². The molecule has 2 rings (SSSR count). The van der Waals surface area contributed by atoms with Crippen molar-refractivity contribution >= 4 is 12.4 Å². The molecule has 6 heteroatoms. The van der Waals surface area contributed by atoms with Gasteiger partial charge in [-0.2, -0.15) is 0 Å². The van der Waals surface area contributed by atoms with Crippen molar-refractivity contribution in [1.29, 1.82) is 0 Å². The molecule has 0 amide bonds. The second-order valence-corrected chi connectivity index (χ2v) is 4.95. The fourth-order valence-electron chi connectivity index (χ4n) is 2.15. The van der Waals surface area contributed by atoms with E-state index in [1.54, 1.807) is 12.1 Å². The van der Waals surface area contributed by atoms with Crippen LogP contribution in [0.1, 0.15) is 28.3 Å². The number of rotatable bonds is 3. The first-order chi connectivity index (χ1) is 9.76. The molecule has 0 aliphatic heterocycles. The molecular weight excluding hydrogens is 315 g/mol. The Morgan fingerprint density at radius 2 is 1.59 bits per heavy atom. The highest BCUT2D eigenvalue weighted by atomic mass is 35.5. The van der Waals surface area contributed by atoms with E-state index in [-0.39, 0.29) is 24.2 Å². The van der Waals surface area contributed by atoms with E-state index in [1.807, 2.05) is 32.0 Å². The minimum absolute atomic E-state index is 0. The predicted octanol–water partition coefficient (Wildman–Crippen LogP) is 4.67. The first-order valence-electron chi connectivity index (χ1n) is 6.45. The van der Waals surface area contributed by atoms with Gasteiger partial charge >= 0.3 is 6.36 Å². The number of alkyl halides is 3. The van der Waals surface area contributed by atoms with Gasteiger partial charge in [0.05, 0.1) is 6.04 Å². The van der Waals surface area contributed by atoms with Gasteiger partial charge in [-0.25, -0.2) is 0 Å². The van der Waals surface area contributed by atoms with Crippen LogP contribution < -0.4 is 10.5 Å². The van der Waals surface area contributed by atoms with Gasteiger partial charge in [0.2, 0.25) is 0 Å². The summed E-state index contributed by atoms with van der Waals surface area (Å²) in [5.74, 6) is -0.251. The third-order valence-corrected chi connectivity index (χ3v) is 3.24. The topological polar surface area (TPSA) is 35.2 Å². The van der Waals surface area contributed by atoms with Gasteiger partial charge in [-0.05, 0) is 42.7 Å². The van der Waals surface area contributed by atoms with Crippen molar-refractivity contribution in [3.63, 3.8) is 0 Å². The van der Waals surface area contributed by atoms with E-state index in [9.17, 15) is 13.2 Å². The number of nitrogens with two attached hydrogens (primary N) is 1. The third-order valence-electron chi connectivity index (χ3n) is 3.24. The van der Waals surface area contributed by atoms with Crippen LogP contribution in [0.15, 0.2) is 42.5 Å². The third kappa shape index (κ3) is 4.64. The number of hydrogen-bond donors (Lipinski definition) is 1. The summed E-state index contributed by atoms with van der Waals surface area (Å²) in [7, 11) is 0. The standard InChI is InChI=1S/C16H16F3NO.ClH/c1-10-3-4-11(2)14(9-10)15(20)12-5-7-13(8-6-12)21-16(17,18)19;/h3-9,15H,20H2,1-2H3;1H/t15-;/m1./s1. The van der Waals surface area contributed by atoms with Crippen LogP contribution in [0.25, 0.3) is 0 Å². The van der Waals surface area contributed by atoms with Crippen LogP contribution in [-0.2, 0) is 0 Å². The molecular formula is C16H17ClF3NO. The van der Waals surface area contributed by atoms with Crippen LogP contribution in [0.3, 0.4) is 0 Å². The van der Waals surface area contributed by atoms with Crippen LogP contribution >= 0.6 is 12.4 Å². The van der Waals surface area contributed by atoms with Gasteiger partial charge in [-0.15, -0.1) is 25.6 Å². The maximum atomic E-state index is 12.1. The summed E-state index contributed by atoms with van der Waals surface area (Å²) in [6.07, 6.45) is -4.68. The van der Waals surface area contributed by atoms with Gasteiger partial charge in [0.15, 0.2) is 0 Å². The Morgan fingerprint density at radius 1 is 1.00 bits per heavy atom. The van der Waals surface area contributed by atoms with E-state index in [0.29, 0.717) is 0 Å². The Bertz CT molecular complexity index is 626. The molecule has 1 atom stereocenters. The molecule has 2 N–H and O–H groups in total. The predicted molar refractivity (Wildman–Crippen MR) is 82.3 cm³/mol. The molecule has 2 aromatic carbocycles. The molecule has 0 spiro atoms. The lowest BCUT2D eigenvalue weighted by Gasteiger charge is -2.17. The quantitative estimate of drug-likeness (QED) is 0.887. The molecule has 0 saturated heterocycles. The number of benzene rings is 2. The molecule has 120 valence electrons. The molecule has 0 aliphatic carbocycles. The average molecular weight is 332 g/mol. The van der Waals surface area contributed by atoms with Crippen molar-refractivity contribution in [2.75, 3.05) is 0 Å². The lowest BCUT2D eigenvalue weighted by atomic mass is 9.94. The van der Waals surface area contributed by atoms with Gasteiger partial charge in [0.1, 0.15) is 5.75 Å². The monoisotopic (exact) mass is 331 g/mol. The normalized spacial score (nSPS) is 12.5. The maximum Gasteiger partial charge on any atom is 0.573 e. The lowest BCUT2D eigenvalue weighted by Crippen LogP contribution is -2.17. The molecule has 0 heterocycles. The first kappa shape index (κ1) is 18.3. The summed E-state index contributed by atoms with van der Waals surface area (Å²) in [5.41, 5.74) is 10.0. The zero-order chi connectivity index (χ0) is 15.6. The minimum Gasteiger partial charge on any atom is -0.406 e. The summed E-state index contributed by atoms with van der Waals surface area (Å²) in [5, 5.41) is 0. The Morgan fingerprint density at radius 3 is 2.14 bits per heavy atom. The number of hydrogen-bond acceptors (Lipinski definition) is 2. The SMILES string of the molecule is Cc1ccc(C)c([C@H](N)c2ccc(OC(F)(F)F)cc2)c1.Cl. The van der Waals surface area contributed by atoms with Gasteiger partial charge in [-0.1, -0.05) is 35.9 Å². The molecule has 0 aromatic heterocycles. The Labute approximate surface area is 133 Å². The summed E-state index contributed by atoms with van der Waals surface area (Å²) in [4.78, 5) is 0. The molecule has 0 radical (unpaired) electrons. The maximum absolute atomic E-state index is 12.1. The number of aryl methyl sites for hydroxylation is 2. The second kappa shape index (κ2) is 7.03. The van der Waals surface area contributed by atoms with Crippen molar-refractivity contribution in [3.8, 4) is 5.75 Å². The van der Waals surface area contributed by atoms with E-state index in [2.05, 4.69) is 4.74 Å². The smallest absolute Gasteiger partial charge is 0.406 e. The van der Waals surface area contributed by atoms with Gasteiger partial charge in [0.25, 0.3) is 0 Å². The lowest BCUT2D eigenvalue weighted by molar-refractivity contribution is -0.274. The van der Waals surface area contributed by atoms with Crippen LogP contribution in [0, 0.1) is 13.8 Å². The largest absolute Gasteiger partial charge is 0.573 e. The van der Waals surface area contributed by atoms with Crippen LogP contribution in [-0.4, -0.2) is 6.36 Å². The molecule has 0 fully saturated rings. The van der Waals surface area contributed by atoms with E-state index in [1.165, 1.54) is 12.1 Å². The Kier molecular flexibility index (Phi) is 5.85. The van der Waals surface area contributed by atoms with Crippen molar-refractivity contribution in [1.82, 2.24) is 0 Å². The van der Waals surface area contributed by atoms with Gasteiger partial charge < -0.3 is 10.5 Å². The highest BCUT2D eigenvalue weighted by Gasteiger charge is 2.31. The van der Waals surface area contributed by atoms with Crippen LogP contribution in [0.2, 0.25) is 0 Å². The van der Waals surface area contributed by atoms with Crippen LogP contribution in [0.5, 0.6) is 5.75 Å². The molecule has 22 heavy (non-hydrogen) atoms. The van der Waals surface area contributed by atoms with Crippen molar-refractivity contribution in [2.45, 2.75) is 26.3 Å². The van der Waals surface area contributed by atoms with E-state index in [4.69, 9.17) is 5.73 Å². The summed E-state index contributed by atoms with van der Waals surface area (Å²) >= 11 is 0. The average Bonchev–Trinajstić information content (AvgIpc) is 2.40. The number of halogens is 4. The van der Waals surface area contributed by atoms with Gasteiger partial charge in [0, 0.05) is 0 Å². The summed E-state index contributed by atoms with van der Waals surface area (Å²) < 4.78 is 40.2. The van der Waals surface area contributed by atoms with E-state index < -0.39 is 6.36 Å². The molecule has 0 aliphatic rings. The Hall–Kier alpha value is -1.72. The minimum atomic E-state index is -4.68. The molecule has 2 nitrogen and oxygen atoms in total. The highest BCUT2D eigenvalue weighted by molar-refractivity contribution is 5.85. The molecule has 0 bridgehead atoms. The fourth-order valence-corrected chi connectivity index (χ4v) is 2.15. The zero-order valence-electron chi connectivity index (χ0n) is 12.1. The van der Waals surface area contributed by atoms with Crippen LogP contribution in [0.4, 0.5) is 13.2 Å². The molecule has 0 unspecified atom stereocenters. The van der Waals surface area contributed by atoms with E-state index in [0.717, 1.165) is 22.3 Å². The second-order valence-electron chi connectivity index (χ2n) is 4.95. The summed E-state index contributed by atoms with van der Waals surface area (Å²) in [6.45, 7) is 3.92. The van der Waals surface area contributed by atoms with Crippen molar-refractivity contribution in [3.05, 3.63) is 64.7 Å². The summed E-state index contributed by atoms with van der Waals surface area (Å²) in [6, 6.07) is 11.2. The zero-order valence-corrected chi connectivity index (χ0v) is 13.0. The van der Waals surface area contributed by atoms with Crippen molar-refractivity contribution < 1.29 is 17.9 Å². The molecule has 0 saturated carbocycles.